The van der Waals surface area contributed by atoms with Gasteiger partial charge in [-0.3, -0.25) is 14.5 Å². The summed E-state index contributed by atoms with van der Waals surface area (Å²) in [7, 11) is -3.45. The number of piperidine rings is 2. The molecule has 32 heavy (non-hydrogen) atoms. The molecule has 0 aliphatic carbocycles. The Hall–Kier alpha value is -1.49. The van der Waals surface area contributed by atoms with Crippen LogP contribution < -0.4 is 0 Å². The van der Waals surface area contributed by atoms with E-state index < -0.39 is 10.0 Å². The maximum Gasteiger partial charge on any atom is 0.252 e. The fraction of sp³-hybridized carbons (Fsp3) is 0.727. The van der Waals surface area contributed by atoms with Gasteiger partial charge < -0.3 is 9.80 Å². The van der Waals surface area contributed by atoms with Crippen molar-refractivity contribution in [2.45, 2.75) is 49.2 Å². The Balaban J connectivity index is 1.25. The zero-order chi connectivity index (χ0) is 22.6. The van der Waals surface area contributed by atoms with Gasteiger partial charge in [-0.15, -0.1) is 11.3 Å². The SMILES string of the molecule is O=C(Cc1ccc(S(=O)(=O)N2CCCCC2)s1)N1CCN(CC(=O)N2CCCCC2)CC1. The molecule has 1 aromatic rings. The van der Waals surface area contributed by atoms with Crippen LogP contribution in [0.5, 0.6) is 0 Å². The van der Waals surface area contributed by atoms with E-state index in [-0.39, 0.29) is 18.2 Å². The summed E-state index contributed by atoms with van der Waals surface area (Å²) >= 11 is 1.21. The molecule has 10 heteroatoms. The van der Waals surface area contributed by atoms with Gasteiger partial charge in [-0.25, -0.2) is 8.42 Å². The lowest BCUT2D eigenvalue weighted by molar-refractivity contribution is -0.135. The second-order valence-electron chi connectivity index (χ2n) is 8.96. The Labute approximate surface area is 195 Å². The van der Waals surface area contributed by atoms with Crippen LogP contribution in [0.4, 0.5) is 0 Å². The Morgan fingerprint density at radius 1 is 0.750 bits per heavy atom. The minimum Gasteiger partial charge on any atom is -0.342 e. The second-order valence-corrected chi connectivity index (χ2v) is 12.3. The molecule has 0 radical (unpaired) electrons. The Bertz CT molecular complexity index is 897. The van der Waals surface area contributed by atoms with E-state index in [2.05, 4.69) is 4.90 Å². The van der Waals surface area contributed by atoms with Gasteiger partial charge in [0.2, 0.25) is 11.8 Å². The van der Waals surface area contributed by atoms with Crippen LogP contribution in [-0.4, -0.2) is 98.1 Å². The van der Waals surface area contributed by atoms with E-state index in [1.165, 1.54) is 17.8 Å². The minimum absolute atomic E-state index is 0.0239. The lowest BCUT2D eigenvalue weighted by Gasteiger charge is -2.36. The standard InChI is InChI=1S/C22H34N4O4S2/c27-20(17-19-7-8-22(31-19)32(29,30)26-11-5-2-6-12-26)25-15-13-23(14-16-25)18-21(28)24-9-3-1-4-10-24/h7-8H,1-6,9-18H2. The Kier molecular flexibility index (Phi) is 7.86. The highest BCUT2D eigenvalue weighted by Crippen LogP contribution is 2.27. The highest BCUT2D eigenvalue weighted by atomic mass is 32.2. The van der Waals surface area contributed by atoms with Crippen LogP contribution in [0.2, 0.25) is 0 Å². The zero-order valence-corrected chi connectivity index (χ0v) is 20.3. The van der Waals surface area contributed by atoms with E-state index in [0.29, 0.717) is 50.0 Å². The molecule has 2 amide bonds. The van der Waals surface area contributed by atoms with Crippen LogP contribution in [0, 0.1) is 0 Å². The molecule has 4 heterocycles. The predicted octanol–water partition coefficient (Wildman–Crippen LogP) is 1.62. The van der Waals surface area contributed by atoms with Gasteiger partial charge in [-0.05, 0) is 44.2 Å². The van der Waals surface area contributed by atoms with Crippen molar-refractivity contribution in [3.05, 3.63) is 17.0 Å². The summed E-state index contributed by atoms with van der Waals surface area (Å²) in [6, 6.07) is 3.41. The van der Waals surface area contributed by atoms with Gasteiger partial charge >= 0.3 is 0 Å². The van der Waals surface area contributed by atoms with Gasteiger partial charge in [0.25, 0.3) is 10.0 Å². The molecule has 4 rings (SSSR count). The number of sulfonamides is 1. The zero-order valence-electron chi connectivity index (χ0n) is 18.7. The smallest absolute Gasteiger partial charge is 0.252 e. The summed E-state index contributed by atoms with van der Waals surface area (Å²) in [6.45, 7) is 5.95. The number of piperazine rings is 1. The van der Waals surface area contributed by atoms with Crippen LogP contribution in [0.15, 0.2) is 16.3 Å². The number of rotatable bonds is 6. The van der Waals surface area contributed by atoms with Crippen molar-refractivity contribution < 1.29 is 18.0 Å². The minimum atomic E-state index is -3.45. The predicted molar refractivity (Wildman–Crippen MR) is 124 cm³/mol. The molecule has 0 spiro atoms. The molecular weight excluding hydrogens is 448 g/mol. The molecular formula is C22H34N4O4S2. The number of amides is 2. The molecule has 3 fully saturated rings. The first-order valence-corrected chi connectivity index (χ1v) is 14.1. The normalized spacial score (nSPS) is 21.6. The van der Waals surface area contributed by atoms with Crippen LogP contribution in [-0.2, 0) is 26.0 Å². The molecule has 0 atom stereocenters. The summed E-state index contributed by atoms with van der Waals surface area (Å²) in [5.74, 6) is 0.223. The van der Waals surface area contributed by atoms with E-state index in [1.807, 2.05) is 9.80 Å². The molecule has 0 unspecified atom stereocenters. The number of hydrogen-bond acceptors (Lipinski definition) is 6. The van der Waals surface area contributed by atoms with E-state index >= 15 is 0 Å². The van der Waals surface area contributed by atoms with Gasteiger partial charge in [-0.1, -0.05) is 6.42 Å². The first-order chi connectivity index (χ1) is 15.4. The third-order valence-corrected chi connectivity index (χ3v) is 10.1. The van der Waals surface area contributed by atoms with Crippen LogP contribution in [0.3, 0.4) is 0 Å². The van der Waals surface area contributed by atoms with Crippen LogP contribution in [0.25, 0.3) is 0 Å². The van der Waals surface area contributed by atoms with Crippen molar-refractivity contribution >= 4 is 33.2 Å². The van der Waals surface area contributed by atoms with E-state index in [1.54, 1.807) is 16.4 Å². The molecule has 3 aliphatic heterocycles. The molecule has 1 aromatic heterocycles. The molecule has 8 nitrogen and oxygen atoms in total. The van der Waals surface area contributed by atoms with Gasteiger partial charge in [0.05, 0.1) is 13.0 Å². The van der Waals surface area contributed by atoms with Crippen LogP contribution >= 0.6 is 11.3 Å². The third kappa shape index (κ3) is 5.70. The summed E-state index contributed by atoms with van der Waals surface area (Å²) in [6.07, 6.45) is 6.52. The molecule has 0 N–H and O–H groups in total. The highest BCUT2D eigenvalue weighted by molar-refractivity contribution is 7.91. The van der Waals surface area contributed by atoms with Gasteiger partial charge in [0.15, 0.2) is 0 Å². The monoisotopic (exact) mass is 482 g/mol. The molecule has 0 bridgehead atoms. The number of carbonyl (C=O) groups excluding carboxylic acids is 2. The van der Waals surface area contributed by atoms with Gasteiger partial charge in [0, 0.05) is 57.2 Å². The summed E-state index contributed by atoms with van der Waals surface area (Å²) < 4.78 is 27.6. The van der Waals surface area contributed by atoms with Crippen molar-refractivity contribution in [3.8, 4) is 0 Å². The highest BCUT2D eigenvalue weighted by Gasteiger charge is 2.29. The second kappa shape index (κ2) is 10.6. The summed E-state index contributed by atoms with van der Waals surface area (Å²) in [4.78, 5) is 32.0. The topological polar surface area (TPSA) is 81.2 Å². The molecule has 178 valence electrons. The van der Waals surface area contributed by atoms with Crippen molar-refractivity contribution in [1.82, 2.24) is 19.0 Å². The molecule has 0 aromatic carbocycles. The first-order valence-electron chi connectivity index (χ1n) is 11.8. The largest absolute Gasteiger partial charge is 0.342 e. The van der Waals surface area contributed by atoms with Crippen LogP contribution in [0.1, 0.15) is 43.4 Å². The van der Waals surface area contributed by atoms with E-state index in [0.717, 1.165) is 50.1 Å². The summed E-state index contributed by atoms with van der Waals surface area (Å²) in [5, 5.41) is 0. The molecule has 3 aliphatic rings. The number of likely N-dealkylation sites (tertiary alicyclic amines) is 1. The van der Waals surface area contributed by atoms with Crippen molar-refractivity contribution in [2.75, 3.05) is 58.9 Å². The lowest BCUT2D eigenvalue weighted by Crippen LogP contribution is -2.52. The van der Waals surface area contributed by atoms with E-state index in [4.69, 9.17) is 0 Å². The molecule has 3 saturated heterocycles. The average Bonchev–Trinajstić information content (AvgIpc) is 3.30. The van der Waals surface area contributed by atoms with Gasteiger partial charge in [0.1, 0.15) is 4.21 Å². The van der Waals surface area contributed by atoms with E-state index in [9.17, 15) is 18.0 Å². The quantitative estimate of drug-likeness (QED) is 0.616. The van der Waals surface area contributed by atoms with Crippen molar-refractivity contribution in [1.29, 1.82) is 0 Å². The average molecular weight is 483 g/mol. The first kappa shape index (κ1) is 23.7. The van der Waals surface area contributed by atoms with Gasteiger partial charge in [-0.2, -0.15) is 4.31 Å². The number of carbonyl (C=O) groups is 2. The number of thiophene rings is 1. The maximum absolute atomic E-state index is 12.8. The van der Waals surface area contributed by atoms with Crippen molar-refractivity contribution in [3.63, 3.8) is 0 Å². The maximum atomic E-state index is 12.8. The number of nitrogens with zero attached hydrogens (tertiary/aromatic N) is 4. The summed E-state index contributed by atoms with van der Waals surface area (Å²) in [5.41, 5.74) is 0. The Morgan fingerprint density at radius 3 is 2.00 bits per heavy atom. The lowest BCUT2D eigenvalue weighted by atomic mass is 10.1. The Morgan fingerprint density at radius 2 is 1.34 bits per heavy atom. The number of hydrogen-bond donors (Lipinski definition) is 0. The van der Waals surface area contributed by atoms with Crippen molar-refractivity contribution in [2.24, 2.45) is 0 Å². The molecule has 0 saturated carbocycles. The fourth-order valence-electron chi connectivity index (χ4n) is 4.68. The fourth-order valence-corrected chi connectivity index (χ4v) is 7.69. The third-order valence-electron chi connectivity index (χ3n) is 6.66.